The van der Waals surface area contributed by atoms with Gasteiger partial charge in [-0.05, 0) is 63.2 Å². The number of carbonyl (C=O) groups excluding carboxylic acids is 4. The molecule has 0 N–H and O–H groups in total. The molecular formula is C25H30F2O8. The number of ether oxygens (including phenoxy) is 4. The Bertz CT molecular complexity index is 959. The molecule has 0 radical (unpaired) electrons. The lowest BCUT2D eigenvalue weighted by Crippen LogP contribution is -2.58. The Morgan fingerprint density at radius 2 is 1.63 bits per heavy atom. The second kappa shape index (κ2) is 7.62. The summed E-state index contributed by atoms with van der Waals surface area (Å²) >= 11 is 0. The van der Waals surface area contributed by atoms with Gasteiger partial charge in [0.15, 0.2) is 13.2 Å². The average molecular weight is 497 g/mol. The van der Waals surface area contributed by atoms with Crippen LogP contribution < -0.4 is 0 Å². The number of hydrogen-bond acceptors (Lipinski definition) is 8. The van der Waals surface area contributed by atoms with E-state index >= 15 is 0 Å². The highest BCUT2D eigenvalue weighted by Gasteiger charge is 2.65. The number of fused-ring (bicyclic) bond motifs is 1. The average Bonchev–Trinajstić information content (AvgIpc) is 3.39. The third-order valence-electron chi connectivity index (χ3n) is 9.39. The molecule has 7 fully saturated rings. The summed E-state index contributed by atoms with van der Waals surface area (Å²) in [5.41, 5.74) is -1.88. The van der Waals surface area contributed by atoms with Crippen LogP contribution in [0, 0.1) is 40.4 Å². The van der Waals surface area contributed by atoms with Crippen molar-refractivity contribution in [2.45, 2.75) is 76.4 Å². The van der Waals surface area contributed by atoms with Crippen molar-refractivity contribution in [2.24, 2.45) is 40.4 Å². The highest BCUT2D eigenvalue weighted by Crippen LogP contribution is 2.66. The first kappa shape index (κ1) is 23.2. The van der Waals surface area contributed by atoms with E-state index in [9.17, 15) is 28.0 Å². The zero-order chi connectivity index (χ0) is 24.8. The van der Waals surface area contributed by atoms with Crippen LogP contribution in [-0.4, -0.2) is 55.2 Å². The normalized spacial score (nSPS) is 44.3. The second-order valence-corrected chi connectivity index (χ2v) is 12.1. The van der Waals surface area contributed by atoms with Crippen LogP contribution in [0.3, 0.4) is 0 Å². The molecular weight excluding hydrogens is 466 g/mol. The highest BCUT2D eigenvalue weighted by molar-refractivity contribution is 5.84. The zero-order valence-electron chi connectivity index (χ0n) is 19.6. The smallest absolute Gasteiger partial charge is 0.344 e. The van der Waals surface area contributed by atoms with Gasteiger partial charge in [0.25, 0.3) is 5.92 Å². The molecule has 35 heavy (non-hydrogen) atoms. The van der Waals surface area contributed by atoms with Gasteiger partial charge in [-0.15, -0.1) is 0 Å². The van der Waals surface area contributed by atoms with Crippen molar-refractivity contribution in [3.63, 3.8) is 0 Å². The van der Waals surface area contributed by atoms with Crippen molar-refractivity contribution in [2.75, 3.05) is 13.2 Å². The molecule has 1 aliphatic heterocycles. The zero-order valence-corrected chi connectivity index (χ0v) is 19.6. The quantitative estimate of drug-likeness (QED) is 0.391. The van der Waals surface area contributed by atoms with E-state index in [1.807, 2.05) is 0 Å². The number of rotatable bonds is 7. The van der Waals surface area contributed by atoms with E-state index in [0.29, 0.717) is 39.0 Å². The van der Waals surface area contributed by atoms with Crippen molar-refractivity contribution >= 4 is 23.9 Å². The van der Waals surface area contributed by atoms with Gasteiger partial charge in [0.2, 0.25) is 0 Å². The van der Waals surface area contributed by atoms with E-state index in [4.69, 9.17) is 18.9 Å². The van der Waals surface area contributed by atoms with Crippen LogP contribution in [0.25, 0.3) is 0 Å². The van der Waals surface area contributed by atoms with Crippen molar-refractivity contribution < 1.29 is 46.9 Å². The van der Waals surface area contributed by atoms with Gasteiger partial charge in [0.05, 0.1) is 16.7 Å². The fourth-order valence-corrected chi connectivity index (χ4v) is 8.61. The van der Waals surface area contributed by atoms with Crippen molar-refractivity contribution in [3.05, 3.63) is 0 Å². The topological polar surface area (TPSA) is 105 Å². The summed E-state index contributed by atoms with van der Waals surface area (Å²) < 4.78 is 48.0. The number of hydrogen-bond donors (Lipinski definition) is 0. The van der Waals surface area contributed by atoms with Gasteiger partial charge >= 0.3 is 23.9 Å². The van der Waals surface area contributed by atoms with Crippen LogP contribution in [0.2, 0.25) is 0 Å². The van der Waals surface area contributed by atoms with Gasteiger partial charge in [0, 0.05) is 18.8 Å². The second-order valence-electron chi connectivity index (χ2n) is 12.1. The molecule has 6 bridgehead atoms. The monoisotopic (exact) mass is 496 g/mol. The number of esters is 4. The maximum atomic E-state index is 13.3. The van der Waals surface area contributed by atoms with Crippen LogP contribution in [0.15, 0.2) is 0 Å². The van der Waals surface area contributed by atoms with Gasteiger partial charge in [-0.1, -0.05) is 0 Å². The first-order chi connectivity index (χ1) is 16.5. The third-order valence-corrected chi connectivity index (χ3v) is 9.39. The Balaban J connectivity index is 1.08. The Morgan fingerprint density at radius 3 is 2.26 bits per heavy atom. The molecule has 6 saturated carbocycles. The highest BCUT2D eigenvalue weighted by atomic mass is 19.3. The molecule has 192 valence electrons. The number of carbonyl (C=O) groups is 4. The number of halogens is 2. The summed E-state index contributed by atoms with van der Waals surface area (Å²) in [4.78, 5) is 50.6. The molecule has 0 aromatic carbocycles. The van der Waals surface area contributed by atoms with E-state index in [1.165, 1.54) is 0 Å². The van der Waals surface area contributed by atoms with Crippen LogP contribution in [0.1, 0.15) is 58.3 Å². The van der Waals surface area contributed by atoms with Gasteiger partial charge < -0.3 is 18.9 Å². The van der Waals surface area contributed by atoms with Crippen LogP contribution in [-0.2, 0) is 38.1 Å². The van der Waals surface area contributed by atoms with Crippen molar-refractivity contribution in [3.8, 4) is 0 Å². The first-order valence-corrected chi connectivity index (χ1v) is 12.6. The predicted octanol–water partition coefficient (Wildman–Crippen LogP) is 2.81. The largest absolute Gasteiger partial charge is 0.459 e. The minimum atomic E-state index is -3.12. The first-order valence-electron chi connectivity index (χ1n) is 12.6. The molecule has 1 saturated heterocycles. The summed E-state index contributed by atoms with van der Waals surface area (Å²) in [6.45, 7) is -0.830. The molecule has 0 amide bonds. The summed E-state index contributed by atoms with van der Waals surface area (Å²) in [6, 6.07) is 0. The van der Waals surface area contributed by atoms with Gasteiger partial charge in [0.1, 0.15) is 12.2 Å². The minimum absolute atomic E-state index is 0.0866. The molecule has 0 spiro atoms. The summed E-state index contributed by atoms with van der Waals surface area (Å²) in [5.74, 6) is -4.89. The molecule has 0 aromatic heterocycles. The fourth-order valence-electron chi connectivity index (χ4n) is 8.61. The molecule has 7 unspecified atom stereocenters. The lowest BCUT2D eigenvalue weighted by molar-refractivity contribution is -0.200. The minimum Gasteiger partial charge on any atom is -0.459 e. The van der Waals surface area contributed by atoms with Gasteiger partial charge in [-0.25, -0.2) is 13.6 Å². The molecule has 0 aromatic rings. The summed E-state index contributed by atoms with van der Waals surface area (Å²) in [5, 5.41) is 0. The maximum Gasteiger partial charge on any atom is 0.344 e. The van der Waals surface area contributed by atoms with Crippen LogP contribution in [0.5, 0.6) is 0 Å². The maximum absolute atomic E-state index is 13.3. The molecule has 8 nitrogen and oxygen atoms in total. The molecule has 7 rings (SSSR count). The van der Waals surface area contributed by atoms with E-state index in [2.05, 4.69) is 0 Å². The Hall–Kier alpha value is -2.26. The molecule has 7 atom stereocenters. The SMILES string of the molecule is CC(F)(F)COC(=O)C12CC3CC(CC(C(=O)OCC(=O)OC4C5CC6C(=O)OC4C6C5)(C3)C1)C2. The molecule has 10 heteroatoms. The van der Waals surface area contributed by atoms with E-state index < -0.39 is 60.1 Å². The van der Waals surface area contributed by atoms with Crippen LogP contribution in [0.4, 0.5) is 8.78 Å². The lowest BCUT2D eigenvalue weighted by Gasteiger charge is -2.59. The number of alkyl halides is 2. The van der Waals surface area contributed by atoms with E-state index in [1.54, 1.807) is 0 Å². The van der Waals surface area contributed by atoms with Gasteiger partial charge in [-0.3, -0.25) is 14.4 Å². The molecule has 7 aliphatic rings. The lowest BCUT2D eigenvalue weighted by atomic mass is 9.44. The summed E-state index contributed by atoms with van der Waals surface area (Å²) in [6.07, 6.45) is 3.81. The van der Waals surface area contributed by atoms with Crippen molar-refractivity contribution in [1.82, 2.24) is 0 Å². The molecule has 1 heterocycles. The standard InChI is InChI=1S/C25H30F2O8/c1-23(26,27)11-33-22(31)25-7-12-2-13(8-25)6-24(5-12,10-25)21(30)32-9-17(28)34-18-14-3-15-16(4-14)20(29)35-19(15)18/h12-16,18-19H,2-11H2,1H3. The third kappa shape index (κ3) is 3.73. The van der Waals surface area contributed by atoms with Crippen molar-refractivity contribution in [1.29, 1.82) is 0 Å². The van der Waals surface area contributed by atoms with E-state index in [-0.39, 0.29) is 42.0 Å². The fraction of sp³-hybridized carbons (Fsp3) is 0.840. The van der Waals surface area contributed by atoms with E-state index in [0.717, 1.165) is 12.8 Å². The summed E-state index contributed by atoms with van der Waals surface area (Å²) in [7, 11) is 0. The Labute approximate surface area is 201 Å². The van der Waals surface area contributed by atoms with Gasteiger partial charge in [-0.2, -0.15) is 0 Å². The van der Waals surface area contributed by atoms with Crippen LogP contribution >= 0.6 is 0 Å². The predicted molar refractivity (Wildman–Crippen MR) is 112 cm³/mol. The Kier molecular flexibility index (Phi) is 5.04. The molecule has 6 aliphatic carbocycles. The Morgan fingerprint density at radius 1 is 1.00 bits per heavy atom.